The van der Waals surface area contributed by atoms with Gasteiger partial charge in [-0.2, -0.15) is 0 Å². The van der Waals surface area contributed by atoms with Gasteiger partial charge >= 0.3 is 5.97 Å². The van der Waals surface area contributed by atoms with Crippen LogP contribution < -0.4 is 15.2 Å². The van der Waals surface area contributed by atoms with Crippen LogP contribution in [0.1, 0.15) is 19.8 Å². The second-order valence-corrected chi connectivity index (χ2v) is 4.97. The Bertz CT molecular complexity index is 473. The van der Waals surface area contributed by atoms with Crippen molar-refractivity contribution in [2.75, 3.05) is 20.3 Å². The van der Waals surface area contributed by atoms with E-state index in [-0.39, 0.29) is 12.5 Å². The van der Waals surface area contributed by atoms with Gasteiger partial charge in [-0.1, -0.05) is 12.1 Å². The van der Waals surface area contributed by atoms with Gasteiger partial charge in [0.05, 0.1) is 13.7 Å². The molecule has 1 saturated carbocycles. The lowest BCUT2D eigenvalue weighted by molar-refractivity contribution is -0.149. The van der Waals surface area contributed by atoms with Crippen LogP contribution >= 0.6 is 0 Å². The minimum atomic E-state index is -1.08. The van der Waals surface area contributed by atoms with Crippen molar-refractivity contribution in [3.05, 3.63) is 24.3 Å². The Kier molecular flexibility index (Phi) is 4.49. The molecular weight excluding hydrogens is 258 g/mol. The molecule has 0 radical (unpaired) electrons. The van der Waals surface area contributed by atoms with Crippen LogP contribution in [0.2, 0.25) is 0 Å². The van der Waals surface area contributed by atoms with E-state index in [1.54, 1.807) is 6.07 Å². The first-order chi connectivity index (χ1) is 9.61. The van der Waals surface area contributed by atoms with Crippen molar-refractivity contribution in [2.45, 2.75) is 25.3 Å². The Labute approximate surface area is 119 Å². The molecule has 0 aliphatic heterocycles. The smallest absolute Gasteiger partial charge is 0.329 e. The molecule has 0 spiro atoms. The average Bonchev–Trinajstić information content (AvgIpc) is 3.30. The lowest BCUT2D eigenvalue weighted by atomic mass is 9.96. The highest BCUT2D eigenvalue weighted by Crippen LogP contribution is 2.39. The number of ether oxygens (including phenoxy) is 3. The number of rotatable bonds is 7. The molecule has 110 valence electrons. The number of benzene rings is 1. The van der Waals surface area contributed by atoms with Crippen molar-refractivity contribution in [1.82, 2.24) is 0 Å². The fourth-order valence-electron chi connectivity index (χ4n) is 2.17. The Morgan fingerprint density at radius 1 is 1.30 bits per heavy atom. The van der Waals surface area contributed by atoms with Crippen LogP contribution in [-0.4, -0.2) is 31.8 Å². The minimum Gasteiger partial charge on any atom is -0.490 e. The summed E-state index contributed by atoms with van der Waals surface area (Å²) in [7, 11) is 1.35. The summed E-state index contributed by atoms with van der Waals surface area (Å²) in [6.07, 6.45) is 1.87. The molecule has 0 aromatic heterocycles. The second kappa shape index (κ2) is 6.13. The van der Waals surface area contributed by atoms with Gasteiger partial charge < -0.3 is 19.9 Å². The van der Waals surface area contributed by atoms with Crippen molar-refractivity contribution in [3.8, 4) is 11.5 Å². The number of para-hydroxylation sites is 2. The number of esters is 1. The van der Waals surface area contributed by atoms with E-state index in [2.05, 4.69) is 0 Å². The average molecular weight is 279 g/mol. The number of hydrogen-bond donors (Lipinski definition) is 1. The predicted octanol–water partition coefficient (Wildman–Crippen LogP) is 1.74. The minimum absolute atomic E-state index is 0.0917. The summed E-state index contributed by atoms with van der Waals surface area (Å²) >= 11 is 0. The van der Waals surface area contributed by atoms with E-state index >= 15 is 0 Å². The van der Waals surface area contributed by atoms with Crippen LogP contribution in [0.3, 0.4) is 0 Å². The molecule has 1 aliphatic rings. The van der Waals surface area contributed by atoms with E-state index in [1.165, 1.54) is 7.11 Å². The number of methoxy groups -OCH3 is 1. The quantitative estimate of drug-likeness (QED) is 0.770. The highest BCUT2D eigenvalue weighted by Gasteiger charge is 2.50. The first-order valence-corrected chi connectivity index (χ1v) is 6.83. The fraction of sp³-hybridized carbons (Fsp3) is 0.533. The lowest BCUT2D eigenvalue weighted by Gasteiger charge is -2.26. The Hall–Kier alpha value is -1.75. The van der Waals surface area contributed by atoms with E-state index in [1.807, 2.05) is 25.1 Å². The molecule has 1 unspecified atom stereocenters. The number of carbonyl (C=O) groups excluding carboxylic acids is 1. The van der Waals surface area contributed by atoms with E-state index in [4.69, 9.17) is 19.9 Å². The van der Waals surface area contributed by atoms with Crippen LogP contribution in [0, 0.1) is 5.92 Å². The first-order valence-electron chi connectivity index (χ1n) is 6.83. The molecule has 1 atom stereocenters. The summed E-state index contributed by atoms with van der Waals surface area (Å²) in [5, 5.41) is 0. The highest BCUT2D eigenvalue weighted by molar-refractivity contribution is 5.81. The Balaban J connectivity index is 2.08. The summed E-state index contributed by atoms with van der Waals surface area (Å²) in [6, 6.07) is 7.35. The SMILES string of the molecule is CCOc1ccccc1OCC(N)(C(=O)OC)C1CC1. The van der Waals surface area contributed by atoms with Crippen molar-refractivity contribution < 1.29 is 19.0 Å². The first kappa shape index (κ1) is 14.7. The van der Waals surface area contributed by atoms with Crippen LogP contribution in [-0.2, 0) is 9.53 Å². The summed E-state index contributed by atoms with van der Waals surface area (Å²) in [6.45, 7) is 2.55. The van der Waals surface area contributed by atoms with Gasteiger partial charge in [0.15, 0.2) is 17.0 Å². The van der Waals surface area contributed by atoms with Gasteiger partial charge in [-0.25, -0.2) is 4.79 Å². The molecule has 1 aromatic carbocycles. The molecule has 0 amide bonds. The van der Waals surface area contributed by atoms with E-state index < -0.39 is 11.5 Å². The molecule has 1 aliphatic carbocycles. The maximum Gasteiger partial charge on any atom is 0.329 e. The molecule has 0 heterocycles. The van der Waals surface area contributed by atoms with Gasteiger partial charge in [-0.15, -0.1) is 0 Å². The number of carbonyl (C=O) groups is 1. The van der Waals surface area contributed by atoms with Crippen molar-refractivity contribution in [2.24, 2.45) is 11.7 Å². The molecule has 5 nitrogen and oxygen atoms in total. The Morgan fingerprint density at radius 3 is 2.40 bits per heavy atom. The van der Waals surface area contributed by atoms with Gasteiger partial charge in [-0.05, 0) is 37.8 Å². The molecule has 1 aromatic rings. The summed E-state index contributed by atoms with van der Waals surface area (Å²) in [5.41, 5.74) is 5.11. The third kappa shape index (κ3) is 3.04. The monoisotopic (exact) mass is 279 g/mol. The fourth-order valence-corrected chi connectivity index (χ4v) is 2.17. The molecule has 2 N–H and O–H groups in total. The van der Waals surface area contributed by atoms with E-state index in [9.17, 15) is 4.79 Å². The molecular formula is C15H21NO4. The standard InChI is InChI=1S/C15H21NO4/c1-3-19-12-6-4-5-7-13(12)20-10-15(16,11-8-9-11)14(17)18-2/h4-7,11H,3,8-10,16H2,1-2H3. The largest absolute Gasteiger partial charge is 0.490 e. The summed E-state index contributed by atoms with van der Waals surface area (Å²) in [4.78, 5) is 11.9. The lowest BCUT2D eigenvalue weighted by Crippen LogP contribution is -2.55. The van der Waals surface area contributed by atoms with Crippen LogP contribution in [0.15, 0.2) is 24.3 Å². The van der Waals surface area contributed by atoms with Crippen LogP contribution in [0.5, 0.6) is 11.5 Å². The zero-order chi connectivity index (χ0) is 14.6. The van der Waals surface area contributed by atoms with Crippen LogP contribution in [0.25, 0.3) is 0 Å². The van der Waals surface area contributed by atoms with Crippen LogP contribution in [0.4, 0.5) is 0 Å². The maximum absolute atomic E-state index is 11.9. The zero-order valence-electron chi connectivity index (χ0n) is 11.9. The van der Waals surface area contributed by atoms with Gasteiger partial charge in [0.25, 0.3) is 0 Å². The van der Waals surface area contributed by atoms with Crippen molar-refractivity contribution in [3.63, 3.8) is 0 Å². The maximum atomic E-state index is 11.9. The Morgan fingerprint density at radius 2 is 1.90 bits per heavy atom. The summed E-state index contributed by atoms with van der Waals surface area (Å²) < 4.78 is 16.0. The molecule has 2 rings (SSSR count). The highest BCUT2D eigenvalue weighted by atomic mass is 16.5. The van der Waals surface area contributed by atoms with Gasteiger partial charge in [-0.3, -0.25) is 0 Å². The third-order valence-electron chi connectivity index (χ3n) is 3.49. The van der Waals surface area contributed by atoms with Gasteiger partial charge in [0, 0.05) is 0 Å². The molecule has 0 bridgehead atoms. The topological polar surface area (TPSA) is 70.8 Å². The van der Waals surface area contributed by atoms with Gasteiger partial charge in [0.2, 0.25) is 0 Å². The normalized spacial score (nSPS) is 17.1. The molecule has 5 heteroatoms. The zero-order valence-corrected chi connectivity index (χ0v) is 11.9. The van der Waals surface area contributed by atoms with Crippen molar-refractivity contribution in [1.29, 1.82) is 0 Å². The van der Waals surface area contributed by atoms with Crippen molar-refractivity contribution >= 4 is 5.97 Å². The predicted molar refractivity (Wildman–Crippen MR) is 74.8 cm³/mol. The van der Waals surface area contributed by atoms with E-state index in [0.29, 0.717) is 18.1 Å². The second-order valence-electron chi connectivity index (χ2n) is 4.97. The van der Waals surface area contributed by atoms with Gasteiger partial charge in [0.1, 0.15) is 6.61 Å². The third-order valence-corrected chi connectivity index (χ3v) is 3.49. The molecule has 20 heavy (non-hydrogen) atoms. The number of nitrogens with two attached hydrogens (primary N) is 1. The molecule has 1 fully saturated rings. The summed E-state index contributed by atoms with van der Waals surface area (Å²) in [5.74, 6) is 0.954. The molecule has 0 saturated heterocycles. The number of hydrogen-bond acceptors (Lipinski definition) is 5. The van der Waals surface area contributed by atoms with E-state index in [0.717, 1.165) is 12.8 Å².